The molecule has 0 aliphatic heterocycles. The van der Waals surface area contributed by atoms with Crippen LogP contribution in [0.4, 0.5) is 0 Å². The van der Waals surface area contributed by atoms with Crippen molar-refractivity contribution < 1.29 is 14.2 Å². The van der Waals surface area contributed by atoms with Crippen LogP contribution >= 0.6 is 23.2 Å². The van der Waals surface area contributed by atoms with E-state index in [0.717, 1.165) is 44.9 Å². The molecule has 0 aliphatic carbocycles. The van der Waals surface area contributed by atoms with Crippen molar-refractivity contribution in [3.63, 3.8) is 0 Å². The zero-order valence-electron chi connectivity index (χ0n) is 19.9. The number of halogens is 2. The second-order valence-corrected chi connectivity index (χ2v) is 8.73. The number of hydrogen-bond donors (Lipinski definition) is 0. The van der Waals surface area contributed by atoms with E-state index >= 15 is 0 Å². The third kappa shape index (κ3) is 5.82. The van der Waals surface area contributed by atoms with Gasteiger partial charge in [0.25, 0.3) is 0 Å². The van der Waals surface area contributed by atoms with E-state index in [2.05, 4.69) is 0 Å². The zero-order valence-corrected chi connectivity index (χ0v) is 21.4. The van der Waals surface area contributed by atoms with Crippen LogP contribution in [0.25, 0.3) is 22.3 Å². The van der Waals surface area contributed by atoms with E-state index in [1.807, 2.05) is 98.8 Å². The van der Waals surface area contributed by atoms with Gasteiger partial charge in [0.05, 0.1) is 36.5 Å². The first-order valence-electron chi connectivity index (χ1n) is 11.7. The fourth-order valence-electron chi connectivity index (χ4n) is 4.07. The predicted octanol–water partition coefficient (Wildman–Crippen LogP) is 8.84. The Morgan fingerprint density at radius 3 is 1.31 bits per heavy atom. The molecule has 35 heavy (non-hydrogen) atoms. The Morgan fingerprint density at radius 1 is 0.543 bits per heavy atom. The number of ether oxygens (including phenoxy) is 3. The standard InChI is InChI=1S/C30H28Cl2O3/c1-3-34-29-23(15-17-25(31)27(29)21-11-7-5-8-12-21)19-33-20-24-16-18-26(32)28(30(24)35-4-2)22-13-9-6-10-14-22/h5-18H,3-4,19-20H2,1-2H3. The molecule has 0 saturated carbocycles. The average Bonchev–Trinajstić information content (AvgIpc) is 2.88. The Balaban J connectivity index is 1.62. The van der Waals surface area contributed by atoms with E-state index in [4.69, 9.17) is 37.4 Å². The van der Waals surface area contributed by atoms with Crippen LogP contribution < -0.4 is 9.47 Å². The Bertz CT molecular complexity index is 1160. The summed E-state index contributed by atoms with van der Waals surface area (Å²) in [4.78, 5) is 0. The molecule has 0 atom stereocenters. The molecule has 0 unspecified atom stereocenters. The topological polar surface area (TPSA) is 27.7 Å². The highest BCUT2D eigenvalue weighted by atomic mass is 35.5. The Hall–Kier alpha value is -2.98. The highest BCUT2D eigenvalue weighted by Gasteiger charge is 2.18. The molecular weight excluding hydrogens is 479 g/mol. The van der Waals surface area contributed by atoms with Gasteiger partial charge in [-0.2, -0.15) is 0 Å². The molecule has 3 nitrogen and oxygen atoms in total. The van der Waals surface area contributed by atoms with E-state index in [1.54, 1.807) is 0 Å². The molecule has 5 heteroatoms. The molecule has 0 fully saturated rings. The van der Waals surface area contributed by atoms with Crippen molar-refractivity contribution in [3.8, 4) is 33.8 Å². The third-order valence-corrected chi connectivity index (χ3v) is 6.22. The van der Waals surface area contributed by atoms with Gasteiger partial charge in [0.15, 0.2) is 0 Å². The summed E-state index contributed by atoms with van der Waals surface area (Å²) in [6.45, 7) is 5.71. The first kappa shape index (κ1) is 25.1. The van der Waals surface area contributed by atoms with Crippen molar-refractivity contribution in [2.75, 3.05) is 13.2 Å². The Morgan fingerprint density at radius 2 is 0.943 bits per heavy atom. The molecule has 0 N–H and O–H groups in total. The first-order valence-corrected chi connectivity index (χ1v) is 12.5. The quantitative estimate of drug-likeness (QED) is 0.215. The second-order valence-electron chi connectivity index (χ2n) is 7.91. The monoisotopic (exact) mass is 506 g/mol. The van der Waals surface area contributed by atoms with Crippen LogP contribution in [0.15, 0.2) is 84.9 Å². The molecule has 4 aromatic carbocycles. The van der Waals surface area contributed by atoms with Crippen molar-refractivity contribution in [1.82, 2.24) is 0 Å². The fraction of sp³-hybridized carbons (Fsp3) is 0.200. The SMILES string of the molecule is CCOc1c(COCc2ccc(Cl)c(-c3ccccc3)c2OCC)ccc(Cl)c1-c1ccccc1. The lowest BCUT2D eigenvalue weighted by Crippen LogP contribution is -2.04. The highest BCUT2D eigenvalue weighted by Crippen LogP contribution is 2.41. The minimum Gasteiger partial charge on any atom is -0.493 e. The molecule has 4 rings (SSSR count). The predicted molar refractivity (Wildman–Crippen MR) is 145 cm³/mol. The van der Waals surface area contributed by atoms with Crippen molar-refractivity contribution >= 4 is 23.2 Å². The smallest absolute Gasteiger partial charge is 0.134 e. The molecule has 0 saturated heterocycles. The highest BCUT2D eigenvalue weighted by molar-refractivity contribution is 6.34. The van der Waals surface area contributed by atoms with Crippen LogP contribution in [0.1, 0.15) is 25.0 Å². The minimum absolute atomic E-state index is 0.362. The van der Waals surface area contributed by atoms with Crippen molar-refractivity contribution in [3.05, 3.63) is 106 Å². The maximum absolute atomic E-state index is 6.60. The summed E-state index contributed by atoms with van der Waals surface area (Å²) in [5.41, 5.74) is 5.64. The molecule has 0 heterocycles. The summed E-state index contributed by atoms with van der Waals surface area (Å²) < 4.78 is 18.3. The van der Waals surface area contributed by atoms with E-state index < -0.39 is 0 Å². The van der Waals surface area contributed by atoms with Gasteiger partial charge in [-0.15, -0.1) is 0 Å². The fourth-order valence-corrected chi connectivity index (χ4v) is 4.58. The number of rotatable bonds is 10. The molecule has 180 valence electrons. The average molecular weight is 507 g/mol. The van der Waals surface area contributed by atoms with E-state index in [1.165, 1.54) is 0 Å². The molecule has 0 amide bonds. The molecule has 0 radical (unpaired) electrons. The number of hydrogen-bond acceptors (Lipinski definition) is 3. The van der Waals surface area contributed by atoms with Gasteiger partial charge in [0.2, 0.25) is 0 Å². The van der Waals surface area contributed by atoms with Gasteiger partial charge in [-0.3, -0.25) is 0 Å². The van der Waals surface area contributed by atoms with E-state index in [0.29, 0.717) is 36.5 Å². The third-order valence-electron chi connectivity index (χ3n) is 5.59. The lowest BCUT2D eigenvalue weighted by Gasteiger charge is -2.19. The summed E-state index contributed by atoms with van der Waals surface area (Å²) in [7, 11) is 0. The lowest BCUT2D eigenvalue weighted by atomic mass is 10.0. The Kier molecular flexibility index (Phi) is 8.70. The normalized spacial score (nSPS) is 10.9. The summed E-state index contributed by atoms with van der Waals surface area (Å²) >= 11 is 13.2. The van der Waals surface area contributed by atoms with Crippen molar-refractivity contribution in [1.29, 1.82) is 0 Å². The van der Waals surface area contributed by atoms with Gasteiger partial charge >= 0.3 is 0 Å². The molecule has 0 aliphatic rings. The van der Waals surface area contributed by atoms with Gasteiger partial charge in [0, 0.05) is 22.3 Å². The maximum Gasteiger partial charge on any atom is 0.134 e. The summed E-state index contributed by atoms with van der Waals surface area (Å²) in [6, 6.07) is 27.8. The van der Waals surface area contributed by atoms with Crippen LogP contribution in [0.3, 0.4) is 0 Å². The summed E-state index contributed by atoms with van der Waals surface area (Å²) in [6.07, 6.45) is 0. The van der Waals surface area contributed by atoms with Gasteiger partial charge in [-0.05, 0) is 37.1 Å². The zero-order chi connectivity index (χ0) is 24.6. The second kappa shape index (κ2) is 12.1. The molecule has 0 aromatic heterocycles. The largest absolute Gasteiger partial charge is 0.493 e. The molecule has 0 bridgehead atoms. The van der Waals surface area contributed by atoms with Gasteiger partial charge in [0.1, 0.15) is 11.5 Å². The molecular formula is C30H28Cl2O3. The van der Waals surface area contributed by atoms with Gasteiger partial charge in [-0.1, -0.05) is 96.0 Å². The van der Waals surface area contributed by atoms with Gasteiger partial charge in [-0.25, -0.2) is 0 Å². The summed E-state index contributed by atoms with van der Waals surface area (Å²) in [5.74, 6) is 1.50. The van der Waals surface area contributed by atoms with Crippen LogP contribution in [0, 0.1) is 0 Å². The van der Waals surface area contributed by atoms with Crippen LogP contribution in [0.2, 0.25) is 10.0 Å². The van der Waals surface area contributed by atoms with Crippen LogP contribution in [-0.2, 0) is 18.0 Å². The van der Waals surface area contributed by atoms with Gasteiger partial charge < -0.3 is 14.2 Å². The minimum atomic E-state index is 0.362. The van der Waals surface area contributed by atoms with Crippen LogP contribution in [0.5, 0.6) is 11.5 Å². The van der Waals surface area contributed by atoms with Crippen LogP contribution in [-0.4, -0.2) is 13.2 Å². The lowest BCUT2D eigenvalue weighted by molar-refractivity contribution is 0.103. The molecule has 4 aromatic rings. The van der Waals surface area contributed by atoms with Crippen molar-refractivity contribution in [2.45, 2.75) is 27.1 Å². The Labute approximate surface area is 217 Å². The summed E-state index contributed by atoms with van der Waals surface area (Å²) in [5, 5.41) is 1.29. The maximum atomic E-state index is 6.60. The van der Waals surface area contributed by atoms with Crippen molar-refractivity contribution in [2.24, 2.45) is 0 Å². The van der Waals surface area contributed by atoms with E-state index in [-0.39, 0.29) is 0 Å². The first-order chi connectivity index (χ1) is 17.1. The molecule has 0 spiro atoms. The number of benzene rings is 4. The van der Waals surface area contributed by atoms with E-state index in [9.17, 15) is 0 Å².